The van der Waals surface area contributed by atoms with Gasteiger partial charge in [-0.15, -0.1) is 0 Å². The van der Waals surface area contributed by atoms with Gasteiger partial charge in [0.1, 0.15) is 13.2 Å². The fourth-order valence-electron chi connectivity index (χ4n) is 2.93. The molecule has 0 bridgehead atoms. The summed E-state index contributed by atoms with van der Waals surface area (Å²) in [7, 11) is 2.09. The topological polar surface area (TPSA) is 54.0 Å². The summed E-state index contributed by atoms with van der Waals surface area (Å²) in [6.45, 7) is 3.68. The number of para-hydroxylation sites is 1. The summed E-state index contributed by atoms with van der Waals surface area (Å²) in [5, 5.41) is 12.9. The first kappa shape index (κ1) is 13.7. The molecule has 2 heterocycles. The highest BCUT2D eigenvalue weighted by atomic mass is 16.6. The molecular weight excluding hydrogens is 256 g/mol. The lowest BCUT2D eigenvalue weighted by atomic mass is 10.1. The Balaban J connectivity index is 1.62. The van der Waals surface area contributed by atoms with Gasteiger partial charge in [0, 0.05) is 31.2 Å². The molecule has 0 radical (unpaired) electrons. The predicted molar refractivity (Wildman–Crippen MR) is 76.2 cm³/mol. The number of fused-ring (bicyclic) bond motifs is 1. The van der Waals surface area contributed by atoms with Crippen molar-refractivity contribution in [2.75, 3.05) is 33.4 Å². The van der Waals surface area contributed by atoms with E-state index in [1.165, 1.54) is 0 Å². The standard InChI is InChI=1S/C15H22N2O3/c1-17(10-12-7-13(18)8-16-12)9-11-3-2-4-14-15(11)20-6-5-19-14/h2-4,12-13,16,18H,5-10H2,1H3/t12-,13+/m0/s1. The van der Waals surface area contributed by atoms with E-state index in [1.807, 2.05) is 12.1 Å². The monoisotopic (exact) mass is 278 g/mol. The number of likely N-dealkylation sites (N-methyl/N-ethyl adjacent to an activating group) is 1. The third-order valence-electron chi connectivity index (χ3n) is 3.82. The van der Waals surface area contributed by atoms with E-state index in [2.05, 4.69) is 23.3 Å². The van der Waals surface area contributed by atoms with Gasteiger partial charge >= 0.3 is 0 Å². The fourth-order valence-corrected chi connectivity index (χ4v) is 2.93. The number of nitrogens with one attached hydrogen (secondary N) is 1. The van der Waals surface area contributed by atoms with E-state index in [1.54, 1.807) is 0 Å². The fraction of sp³-hybridized carbons (Fsp3) is 0.600. The van der Waals surface area contributed by atoms with Crippen molar-refractivity contribution in [2.24, 2.45) is 0 Å². The second-order valence-corrected chi connectivity index (χ2v) is 5.63. The molecule has 2 atom stereocenters. The molecule has 0 unspecified atom stereocenters. The van der Waals surface area contributed by atoms with Crippen molar-refractivity contribution in [2.45, 2.75) is 25.1 Å². The first-order valence-corrected chi connectivity index (χ1v) is 7.20. The van der Waals surface area contributed by atoms with E-state index in [4.69, 9.17) is 9.47 Å². The lowest BCUT2D eigenvalue weighted by Gasteiger charge is -2.25. The van der Waals surface area contributed by atoms with Gasteiger partial charge < -0.3 is 24.8 Å². The predicted octanol–water partition coefficient (Wildman–Crippen LogP) is 0.612. The van der Waals surface area contributed by atoms with Gasteiger partial charge in [0.2, 0.25) is 0 Å². The molecule has 1 aromatic carbocycles. The zero-order valence-corrected chi connectivity index (χ0v) is 11.8. The molecule has 1 fully saturated rings. The normalized spacial score (nSPS) is 25.1. The largest absolute Gasteiger partial charge is 0.486 e. The van der Waals surface area contributed by atoms with Gasteiger partial charge in [-0.2, -0.15) is 0 Å². The average molecular weight is 278 g/mol. The number of aliphatic hydroxyl groups excluding tert-OH is 1. The molecule has 2 aliphatic heterocycles. The second kappa shape index (κ2) is 5.99. The Morgan fingerprint density at radius 1 is 1.35 bits per heavy atom. The minimum atomic E-state index is -0.199. The van der Waals surface area contributed by atoms with Crippen molar-refractivity contribution in [1.29, 1.82) is 0 Å². The summed E-state index contributed by atoms with van der Waals surface area (Å²) < 4.78 is 11.3. The smallest absolute Gasteiger partial charge is 0.165 e. The zero-order chi connectivity index (χ0) is 13.9. The van der Waals surface area contributed by atoms with Crippen molar-refractivity contribution in [3.05, 3.63) is 23.8 Å². The van der Waals surface area contributed by atoms with Crippen LogP contribution in [0.3, 0.4) is 0 Å². The molecule has 1 saturated heterocycles. The van der Waals surface area contributed by atoms with Crippen molar-refractivity contribution in [3.63, 3.8) is 0 Å². The SMILES string of the molecule is CN(Cc1cccc2c1OCCO2)C[C@@H]1C[C@@H](O)CN1. The summed E-state index contributed by atoms with van der Waals surface area (Å²) in [5.74, 6) is 1.72. The lowest BCUT2D eigenvalue weighted by Crippen LogP contribution is -2.35. The van der Waals surface area contributed by atoms with Crippen LogP contribution in [0.2, 0.25) is 0 Å². The van der Waals surface area contributed by atoms with Gasteiger partial charge in [-0.25, -0.2) is 0 Å². The Morgan fingerprint density at radius 3 is 3.00 bits per heavy atom. The molecule has 5 nitrogen and oxygen atoms in total. The highest BCUT2D eigenvalue weighted by Gasteiger charge is 2.23. The Labute approximate surface area is 119 Å². The number of rotatable bonds is 4. The summed E-state index contributed by atoms with van der Waals surface area (Å²) in [6, 6.07) is 6.41. The van der Waals surface area contributed by atoms with Crippen LogP contribution in [0.1, 0.15) is 12.0 Å². The molecule has 2 aliphatic rings. The number of β-amino-alcohol motifs (C(OH)–C–C–N with tert-alkyl or cyclic N) is 1. The van der Waals surface area contributed by atoms with E-state index in [0.29, 0.717) is 25.8 Å². The summed E-state index contributed by atoms with van der Waals surface area (Å²) >= 11 is 0. The number of ether oxygens (including phenoxy) is 2. The minimum Gasteiger partial charge on any atom is -0.486 e. The number of benzene rings is 1. The van der Waals surface area contributed by atoms with Crippen molar-refractivity contribution >= 4 is 0 Å². The van der Waals surface area contributed by atoms with Crippen molar-refractivity contribution in [3.8, 4) is 11.5 Å². The lowest BCUT2D eigenvalue weighted by molar-refractivity contribution is 0.167. The van der Waals surface area contributed by atoms with Crippen LogP contribution in [0, 0.1) is 0 Å². The molecule has 1 aromatic rings. The van der Waals surface area contributed by atoms with Gasteiger partial charge in [0.25, 0.3) is 0 Å². The van der Waals surface area contributed by atoms with Crippen LogP contribution in [-0.4, -0.2) is 55.5 Å². The van der Waals surface area contributed by atoms with Gasteiger partial charge in [-0.3, -0.25) is 0 Å². The molecule has 0 amide bonds. The molecule has 0 aromatic heterocycles. The zero-order valence-electron chi connectivity index (χ0n) is 11.8. The molecule has 2 N–H and O–H groups in total. The summed E-state index contributed by atoms with van der Waals surface area (Å²) in [6.07, 6.45) is 0.631. The molecule has 5 heteroatoms. The van der Waals surface area contributed by atoms with Crippen LogP contribution in [0.4, 0.5) is 0 Å². The maximum atomic E-state index is 9.54. The maximum absolute atomic E-state index is 9.54. The average Bonchev–Trinajstić information content (AvgIpc) is 2.84. The third kappa shape index (κ3) is 3.06. The van der Waals surface area contributed by atoms with Gasteiger partial charge in [0.15, 0.2) is 11.5 Å². The molecule has 0 spiro atoms. The van der Waals surface area contributed by atoms with E-state index >= 15 is 0 Å². The third-order valence-corrected chi connectivity index (χ3v) is 3.82. The summed E-state index contributed by atoms with van der Waals surface area (Å²) in [5.41, 5.74) is 1.16. The van der Waals surface area contributed by atoms with Crippen LogP contribution < -0.4 is 14.8 Å². The Bertz CT molecular complexity index is 466. The molecule has 0 saturated carbocycles. The quantitative estimate of drug-likeness (QED) is 0.845. The molecule has 3 rings (SSSR count). The Morgan fingerprint density at radius 2 is 2.20 bits per heavy atom. The van der Waals surface area contributed by atoms with Crippen LogP contribution in [0.25, 0.3) is 0 Å². The molecule has 20 heavy (non-hydrogen) atoms. The number of aliphatic hydroxyl groups is 1. The van der Waals surface area contributed by atoms with E-state index < -0.39 is 0 Å². The van der Waals surface area contributed by atoms with E-state index in [-0.39, 0.29) is 6.10 Å². The molecule has 0 aliphatic carbocycles. The van der Waals surface area contributed by atoms with Gasteiger partial charge in [0.05, 0.1) is 6.10 Å². The van der Waals surface area contributed by atoms with E-state index in [0.717, 1.165) is 36.6 Å². The van der Waals surface area contributed by atoms with Crippen molar-refractivity contribution in [1.82, 2.24) is 10.2 Å². The van der Waals surface area contributed by atoms with Crippen molar-refractivity contribution < 1.29 is 14.6 Å². The molecular formula is C15H22N2O3. The highest BCUT2D eigenvalue weighted by Crippen LogP contribution is 2.34. The Kier molecular flexibility index (Phi) is 4.10. The first-order valence-electron chi connectivity index (χ1n) is 7.20. The van der Waals surface area contributed by atoms with Crippen LogP contribution in [-0.2, 0) is 6.54 Å². The maximum Gasteiger partial charge on any atom is 0.165 e. The number of hydrogen-bond donors (Lipinski definition) is 2. The van der Waals surface area contributed by atoms with E-state index in [9.17, 15) is 5.11 Å². The first-order chi connectivity index (χ1) is 9.72. The summed E-state index contributed by atoms with van der Waals surface area (Å²) in [4.78, 5) is 2.25. The molecule has 110 valence electrons. The highest BCUT2D eigenvalue weighted by molar-refractivity contribution is 5.47. The van der Waals surface area contributed by atoms with Crippen LogP contribution >= 0.6 is 0 Å². The number of nitrogens with zero attached hydrogens (tertiary/aromatic N) is 1. The van der Waals surface area contributed by atoms with Gasteiger partial charge in [-0.1, -0.05) is 12.1 Å². The van der Waals surface area contributed by atoms with Crippen LogP contribution in [0.5, 0.6) is 11.5 Å². The minimum absolute atomic E-state index is 0.199. The van der Waals surface area contributed by atoms with Crippen LogP contribution in [0.15, 0.2) is 18.2 Å². The number of hydrogen-bond acceptors (Lipinski definition) is 5. The second-order valence-electron chi connectivity index (χ2n) is 5.63. The van der Waals surface area contributed by atoms with Gasteiger partial charge in [-0.05, 0) is 19.5 Å². The Hall–Kier alpha value is -1.30.